The van der Waals surface area contributed by atoms with E-state index in [-0.39, 0.29) is 29.0 Å². The lowest BCUT2D eigenvalue weighted by Gasteiger charge is -2.35. The van der Waals surface area contributed by atoms with Gasteiger partial charge >= 0.3 is 0 Å². The molecule has 0 bridgehead atoms. The molecule has 0 radical (unpaired) electrons. The molecule has 1 amide bonds. The van der Waals surface area contributed by atoms with Crippen LogP contribution in [0.3, 0.4) is 0 Å². The van der Waals surface area contributed by atoms with Crippen LogP contribution in [0.4, 0.5) is 22.7 Å². The zero-order valence-corrected chi connectivity index (χ0v) is 31.4. The molecule has 3 aromatic carbocycles. The highest BCUT2D eigenvalue weighted by Gasteiger charge is 2.36. The van der Waals surface area contributed by atoms with Gasteiger partial charge in [-0.1, -0.05) is 42.5 Å². The number of amides is 1. The second-order valence-electron chi connectivity index (χ2n) is 13.2. The highest BCUT2D eigenvalue weighted by Crippen LogP contribution is 2.32. The molecule has 0 spiro atoms. The molecule has 1 atom stereocenters. The van der Waals surface area contributed by atoms with Crippen LogP contribution in [-0.4, -0.2) is 69.5 Å². The lowest BCUT2D eigenvalue weighted by Crippen LogP contribution is -2.52. The van der Waals surface area contributed by atoms with E-state index in [9.17, 15) is 33.4 Å². The highest BCUT2D eigenvalue weighted by molar-refractivity contribution is 7.89. The third kappa shape index (κ3) is 10.8. The van der Waals surface area contributed by atoms with E-state index in [1.807, 2.05) is 67.0 Å². The molecule has 0 unspecified atom stereocenters. The minimum atomic E-state index is -4.23. The van der Waals surface area contributed by atoms with E-state index in [0.29, 0.717) is 18.5 Å². The number of non-ortho nitro benzene ring substituents is 1. The van der Waals surface area contributed by atoms with Gasteiger partial charge in [0.15, 0.2) is 0 Å². The Labute approximate surface area is 320 Å². The largest absolute Gasteiger partial charge is 0.350 e. The summed E-state index contributed by atoms with van der Waals surface area (Å²) in [6, 6.07) is 24.6. The number of carbonyl (C=O) groups excluding carboxylic acids is 1. The van der Waals surface area contributed by atoms with Crippen molar-refractivity contribution in [3.8, 4) is 0 Å². The number of likely N-dealkylation sites (N-methyl/N-ethyl adjacent to an activating group) is 2. The Balaban J connectivity index is 1.37. The number of anilines is 2. The van der Waals surface area contributed by atoms with Gasteiger partial charge in [-0.25, -0.2) is 8.42 Å². The molecule has 0 saturated carbocycles. The molecule has 286 valence electrons. The van der Waals surface area contributed by atoms with Crippen molar-refractivity contribution in [2.75, 3.05) is 19.4 Å². The summed E-state index contributed by atoms with van der Waals surface area (Å²) in [5.74, 6) is -0.327. The van der Waals surface area contributed by atoms with Gasteiger partial charge < -0.3 is 10.2 Å². The lowest BCUT2D eigenvalue weighted by molar-refractivity contribution is -0.393. The number of benzene rings is 3. The van der Waals surface area contributed by atoms with Crippen molar-refractivity contribution < 1.29 is 23.1 Å². The first-order valence-corrected chi connectivity index (χ1v) is 19.2. The van der Waals surface area contributed by atoms with Crippen LogP contribution in [0.2, 0.25) is 0 Å². The number of sulfonamides is 1. The molecule has 15 heteroatoms. The van der Waals surface area contributed by atoms with Gasteiger partial charge in [0.1, 0.15) is 11.7 Å². The third-order valence-electron chi connectivity index (χ3n) is 9.54. The summed E-state index contributed by atoms with van der Waals surface area (Å²) in [5, 5.41) is 25.6. The zero-order valence-electron chi connectivity index (χ0n) is 30.6. The number of nitro groups is 2. The van der Waals surface area contributed by atoms with Crippen LogP contribution in [0.25, 0.3) is 0 Å². The molecule has 2 aromatic heterocycles. The van der Waals surface area contributed by atoms with E-state index in [0.717, 1.165) is 58.8 Å². The van der Waals surface area contributed by atoms with Crippen LogP contribution in [0.15, 0.2) is 127 Å². The normalized spacial score (nSPS) is 12.0. The van der Waals surface area contributed by atoms with Crippen LogP contribution < -0.4 is 5.32 Å². The van der Waals surface area contributed by atoms with Crippen molar-refractivity contribution in [2.24, 2.45) is 0 Å². The third-order valence-corrected chi connectivity index (χ3v) is 11.4. The Kier molecular flexibility index (Phi) is 13.7. The van der Waals surface area contributed by atoms with Crippen molar-refractivity contribution in [2.45, 2.75) is 61.9 Å². The summed E-state index contributed by atoms with van der Waals surface area (Å²) < 4.78 is 29.5. The summed E-state index contributed by atoms with van der Waals surface area (Å²) in [7, 11) is -1.08. The van der Waals surface area contributed by atoms with Gasteiger partial charge in [0.05, 0.1) is 20.8 Å². The Morgan fingerprint density at radius 2 is 1.35 bits per heavy atom. The maximum Gasteiger partial charge on any atom is 0.299 e. The van der Waals surface area contributed by atoms with Crippen molar-refractivity contribution in [1.82, 2.24) is 19.2 Å². The molecule has 5 aromatic rings. The van der Waals surface area contributed by atoms with Crippen molar-refractivity contribution in [3.63, 3.8) is 0 Å². The van der Waals surface area contributed by atoms with Gasteiger partial charge in [0, 0.05) is 56.7 Å². The molecule has 14 nitrogen and oxygen atoms in total. The minimum absolute atomic E-state index is 0.00434. The maximum atomic E-state index is 14.6. The molecule has 0 aliphatic heterocycles. The quantitative estimate of drug-likeness (QED) is 0.0670. The first kappa shape index (κ1) is 40.1. The monoisotopic (exact) mass is 765 g/mol. The van der Waals surface area contributed by atoms with Crippen molar-refractivity contribution in [3.05, 3.63) is 159 Å². The second kappa shape index (κ2) is 18.8. The summed E-state index contributed by atoms with van der Waals surface area (Å²) in [4.78, 5) is 45.9. The Morgan fingerprint density at radius 3 is 1.87 bits per heavy atom. The molecular weight excluding hydrogens is 723 g/mol. The molecular formula is C40H43N7O7S. The minimum Gasteiger partial charge on any atom is -0.350 e. The number of pyridine rings is 2. The molecule has 0 aliphatic carbocycles. The molecule has 0 fully saturated rings. The first-order chi connectivity index (χ1) is 26.4. The van der Waals surface area contributed by atoms with E-state index in [1.165, 1.54) is 37.4 Å². The van der Waals surface area contributed by atoms with E-state index in [2.05, 4.69) is 15.3 Å². The van der Waals surface area contributed by atoms with E-state index in [1.54, 1.807) is 24.3 Å². The van der Waals surface area contributed by atoms with Crippen molar-refractivity contribution in [1.29, 1.82) is 0 Å². The van der Waals surface area contributed by atoms with E-state index in [4.69, 9.17) is 0 Å². The number of nitro benzene ring substituents is 2. The van der Waals surface area contributed by atoms with Crippen LogP contribution >= 0.6 is 0 Å². The predicted molar refractivity (Wildman–Crippen MR) is 209 cm³/mol. The Morgan fingerprint density at radius 1 is 0.764 bits per heavy atom. The number of nitrogens with zero attached hydrogens (tertiary/aromatic N) is 6. The number of carbonyl (C=O) groups is 1. The van der Waals surface area contributed by atoms with E-state index < -0.39 is 37.3 Å². The van der Waals surface area contributed by atoms with Gasteiger partial charge in [-0.05, 0) is 104 Å². The van der Waals surface area contributed by atoms with Gasteiger partial charge in [0.25, 0.3) is 11.4 Å². The average molecular weight is 766 g/mol. The standard InChI is InChI=1S/C40H43N7O7S/c1-44(34(16-6-12-31-14-8-24-41-28-31)17-7-13-32-15-9-25-42-29-32)40(48)39(26-30-10-4-3-5-11-30)45(2)55(53,54)36-21-18-33(19-22-36)43-37-23-20-35(46(49)50)27-38(37)47(51)52/h3-5,8-11,14-15,18-25,27-29,34,39,43H,6-7,12-13,16-17,26H2,1-2H3/t39-/m0/s1. The fraction of sp³-hybridized carbons (Fsp3) is 0.275. The zero-order chi connectivity index (χ0) is 39.4. The fourth-order valence-electron chi connectivity index (χ4n) is 6.42. The van der Waals surface area contributed by atoms with Crippen LogP contribution in [-0.2, 0) is 34.1 Å². The maximum absolute atomic E-state index is 14.6. The fourth-order valence-corrected chi connectivity index (χ4v) is 7.73. The average Bonchev–Trinajstić information content (AvgIpc) is 3.20. The number of aryl methyl sites for hydroxylation is 2. The molecule has 0 aliphatic rings. The van der Waals surface area contributed by atoms with Crippen molar-refractivity contribution >= 4 is 38.7 Å². The summed E-state index contributed by atoms with van der Waals surface area (Å²) in [6.45, 7) is 0. The molecule has 0 saturated heterocycles. The highest BCUT2D eigenvalue weighted by atomic mass is 32.2. The smallest absolute Gasteiger partial charge is 0.299 e. The van der Waals surface area contributed by atoms with Gasteiger partial charge in [0.2, 0.25) is 15.9 Å². The summed E-state index contributed by atoms with van der Waals surface area (Å²) >= 11 is 0. The van der Waals surface area contributed by atoms with Gasteiger partial charge in [-0.15, -0.1) is 0 Å². The number of nitrogens with one attached hydrogen (secondary N) is 1. The molecule has 2 heterocycles. The predicted octanol–water partition coefficient (Wildman–Crippen LogP) is 7.14. The van der Waals surface area contributed by atoms with Gasteiger partial charge in [-0.2, -0.15) is 4.31 Å². The summed E-state index contributed by atoms with van der Waals surface area (Å²) in [5.41, 5.74) is 2.37. The first-order valence-electron chi connectivity index (χ1n) is 17.8. The second-order valence-corrected chi connectivity index (χ2v) is 15.2. The van der Waals surface area contributed by atoms with Crippen LogP contribution in [0.5, 0.6) is 0 Å². The SMILES string of the molecule is CN(C(=O)[C@H](Cc1ccccc1)N(C)S(=O)(=O)c1ccc(Nc2ccc([N+](=O)[O-])cc2[N+](=O)[O-])cc1)C(CCCc1cccnc1)CCCc1cccnc1. The Bertz CT molecular complexity index is 2110. The molecule has 5 rings (SSSR count). The Hall–Kier alpha value is -6.06. The summed E-state index contributed by atoms with van der Waals surface area (Å²) in [6.07, 6.45) is 11.9. The molecule has 1 N–H and O–H groups in total. The lowest BCUT2D eigenvalue weighted by atomic mass is 9.97. The topological polar surface area (TPSA) is 182 Å². The number of aromatic nitrogens is 2. The molecule has 55 heavy (non-hydrogen) atoms. The van der Waals surface area contributed by atoms with E-state index >= 15 is 0 Å². The van der Waals surface area contributed by atoms with Crippen LogP contribution in [0.1, 0.15) is 42.4 Å². The number of hydrogen-bond donors (Lipinski definition) is 1. The van der Waals surface area contributed by atoms with Gasteiger partial charge in [-0.3, -0.25) is 35.0 Å². The van der Waals surface area contributed by atoms with Crippen LogP contribution in [0, 0.1) is 20.2 Å². The number of rotatable bonds is 19. The number of hydrogen-bond acceptors (Lipinski definition) is 10.